The molecule has 2 aromatic rings. The molecule has 1 unspecified atom stereocenters. The van der Waals surface area contributed by atoms with Crippen molar-refractivity contribution in [2.45, 2.75) is 12.5 Å². The summed E-state index contributed by atoms with van der Waals surface area (Å²) in [5, 5.41) is 10.2. The summed E-state index contributed by atoms with van der Waals surface area (Å²) in [6, 6.07) is 11.2. The zero-order valence-electron chi connectivity index (χ0n) is 11.6. The molecule has 1 aromatic heterocycles. The van der Waals surface area contributed by atoms with E-state index >= 15 is 0 Å². The van der Waals surface area contributed by atoms with Crippen molar-refractivity contribution in [3.8, 4) is 5.75 Å². The van der Waals surface area contributed by atoms with Gasteiger partial charge in [-0.2, -0.15) is 0 Å². The van der Waals surface area contributed by atoms with Crippen LogP contribution < -0.4 is 0 Å². The van der Waals surface area contributed by atoms with Gasteiger partial charge in [0, 0.05) is 32.3 Å². The highest BCUT2D eigenvalue weighted by molar-refractivity contribution is 5.86. The van der Waals surface area contributed by atoms with E-state index in [1.165, 1.54) is 0 Å². The lowest BCUT2D eigenvalue weighted by atomic mass is 9.92. The summed E-state index contributed by atoms with van der Waals surface area (Å²) in [5.41, 5.74) is 2.84. The number of phenolic OH excluding ortho intramolecular Hbond substituents is 1. The standard InChI is InChI=1S/C16H17N3O/c1-19(2)14-10-11-6-5-8-13(20)15(11)16(18-14)12-7-3-4-9-17-12/h3-9,16,20H,10H2,1-2H3. The molecule has 4 heteroatoms. The first-order valence-electron chi connectivity index (χ1n) is 6.62. The van der Waals surface area contributed by atoms with Crippen LogP contribution in [0.25, 0.3) is 0 Å². The molecule has 3 rings (SSSR count). The molecule has 1 aromatic carbocycles. The number of pyridine rings is 1. The maximum absolute atomic E-state index is 10.2. The van der Waals surface area contributed by atoms with Gasteiger partial charge in [-0.1, -0.05) is 18.2 Å². The Balaban J connectivity index is 2.16. The van der Waals surface area contributed by atoms with E-state index in [1.54, 1.807) is 12.3 Å². The van der Waals surface area contributed by atoms with Crippen molar-refractivity contribution in [1.82, 2.24) is 9.88 Å². The van der Waals surface area contributed by atoms with Gasteiger partial charge in [0.2, 0.25) is 0 Å². The molecule has 20 heavy (non-hydrogen) atoms. The van der Waals surface area contributed by atoms with E-state index in [1.807, 2.05) is 49.3 Å². The molecular formula is C16H17N3O. The number of aromatic nitrogens is 1. The zero-order chi connectivity index (χ0) is 14.1. The molecule has 1 N–H and O–H groups in total. The molecule has 0 fully saturated rings. The van der Waals surface area contributed by atoms with Gasteiger partial charge in [-0.3, -0.25) is 9.98 Å². The van der Waals surface area contributed by atoms with Gasteiger partial charge >= 0.3 is 0 Å². The first-order chi connectivity index (χ1) is 9.66. The number of likely N-dealkylation sites (N-methyl/N-ethyl adjacent to an activating group) is 1. The monoisotopic (exact) mass is 267 g/mol. The average Bonchev–Trinajstić information content (AvgIpc) is 2.47. The normalized spacial score (nSPS) is 17.3. The lowest BCUT2D eigenvalue weighted by Crippen LogP contribution is -2.29. The molecule has 102 valence electrons. The fourth-order valence-electron chi connectivity index (χ4n) is 2.52. The maximum atomic E-state index is 10.2. The molecule has 0 saturated carbocycles. The first kappa shape index (κ1) is 12.7. The van der Waals surface area contributed by atoms with Gasteiger partial charge in [0.15, 0.2) is 0 Å². The summed E-state index contributed by atoms with van der Waals surface area (Å²) >= 11 is 0. The van der Waals surface area contributed by atoms with Crippen molar-refractivity contribution in [3.05, 3.63) is 59.4 Å². The summed E-state index contributed by atoms with van der Waals surface area (Å²) < 4.78 is 0. The molecule has 0 radical (unpaired) electrons. The largest absolute Gasteiger partial charge is 0.508 e. The molecule has 0 aliphatic carbocycles. The zero-order valence-corrected chi connectivity index (χ0v) is 11.6. The van der Waals surface area contributed by atoms with Gasteiger partial charge in [-0.05, 0) is 23.8 Å². The van der Waals surface area contributed by atoms with E-state index < -0.39 is 0 Å². The Morgan fingerprint density at radius 3 is 2.70 bits per heavy atom. The van der Waals surface area contributed by atoms with Gasteiger partial charge in [0.25, 0.3) is 0 Å². The number of aromatic hydroxyl groups is 1. The van der Waals surface area contributed by atoms with E-state index in [0.717, 1.165) is 29.1 Å². The van der Waals surface area contributed by atoms with Crippen LogP contribution in [0.15, 0.2) is 47.6 Å². The minimum Gasteiger partial charge on any atom is -0.508 e. The SMILES string of the molecule is CN(C)C1=NC(c2ccccn2)c2c(O)cccc2C1. The topological polar surface area (TPSA) is 48.7 Å². The van der Waals surface area contributed by atoms with Crippen molar-refractivity contribution in [2.24, 2.45) is 4.99 Å². The second-order valence-electron chi connectivity index (χ2n) is 5.12. The number of hydrogen-bond donors (Lipinski definition) is 1. The molecule has 1 aliphatic rings. The maximum Gasteiger partial charge on any atom is 0.123 e. The average molecular weight is 267 g/mol. The van der Waals surface area contributed by atoms with Crippen LogP contribution in [0.3, 0.4) is 0 Å². The Morgan fingerprint density at radius 1 is 1.15 bits per heavy atom. The summed E-state index contributed by atoms with van der Waals surface area (Å²) in [5.74, 6) is 1.29. The van der Waals surface area contributed by atoms with Crippen molar-refractivity contribution < 1.29 is 5.11 Å². The molecule has 0 spiro atoms. The molecule has 0 saturated heterocycles. The summed E-state index contributed by atoms with van der Waals surface area (Å²) in [6.07, 6.45) is 2.49. The number of amidine groups is 1. The van der Waals surface area contributed by atoms with Crippen LogP contribution in [0, 0.1) is 0 Å². The first-order valence-corrected chi connectivity index (χ1v) is 6.62. The summed E-state index contributed by atoms with van der Waals surface area (Å²) in [4.78, 5) is 11.2. The van der Waals surface area contributed by atoms with Crippen LogP contribution in [0.2, 0.25) is 0 Å². The van der Waals surface area contributed by atoms with Crippen molar-refractivity contribution in [1.29, 1.82) is 0 Å². The van der Waals surface area contributed by atoms with Crippen molar-refractivity contribution in [2.75, 3.05) is 14.1 Å². The van der Waals surface area contributed by atoms with Crippen LogP contribution in [0.5, 0.6) is 5.75 Å². The number of hydrogen-bond acceptors (Lipinski definition) is 4. The molecule has 4 nitrogen and oxygen atoms in total. The van der Waals surface area contributed by atoms with Gasteiger partial charge in [0.05, 0.1) is 5.69 Å². The Morgan fingerprint density at radius 2 is 2.00 bits per heavy atom. The number of benzene rings is 1. The number of rotatable bonds is 1. The lowest BCUT2D eigenvalue weighted by molar-refractivity contribution is 0.461. The third-order valence-corrected chi connectivity index (χ3v) is 3.56. The van der Waals surface area contributed by atoms with Gasteiger partial charge in [-0.25, -0.2) is 0 Å². The fourth-order valence-corrected chi connectivity index (χ4v) is 2.52. The van der Waals surface area contributed by atoms with Crippen LogP contribution in [0.4, 0.5) is 0 Å². The molecule has 1 aliphatic heterocycles. The quantitative estimate of drug-likeness (QED) is 0.863. The van der Waals surface area contributed by atoms with Gasteiger partial charge in [0.1, 0.15) is 17.6 Å². The molecule has 0 bridgehead atoms. The smallest absolute Gasteiger partial charge is 0.123 e. The Hall–Kier alpha value is -2.36. The van der Waals surface area contributed by atoms with E-state index in [9.17, 15) is 5.11 Å². The Kier molecular flexibility index (Phi) is 3.14. The second kappa shape index (κ2) is 4.96. The number of phenols is 1. The molecular weight excluding hydrogens is 250 g/mol. The third kappa shape index (κ3) is 2.13. The highest BCUT2D eigenvalue weighted by Crippen LogP contribution is 2.37. The number of fused-ring (bicyclic) bond motifs is 1. The van der Waals surface area contributed by atoms with E-state index in [0.29, 0.717) is 5.75 Å². The molecule has 2 heterocycles. The number of aliphatic imine (C=N–C) groups is 1. The summed E-state index contributed by atoms with van der Waals surface area (Å²) in [6.45, 7) is 0. The van der Waals surface area contributed by atoms with Crippen LogP contribution >= 0.6 is 0 Å². The highest BCUT2D eigenvalue weighted by atomic mass is 16.3. The minimum absolute atomic E-state index is 0.237. The van der Waals surface area contributed by atoms with Crippen LogP contribution in [-0.4, -0.2) is 34.9 Å². The van der Waals surface area contributed by atoms with E-state index in [2.05, 4.69) is 4.98 Å². The Labute approximate surface area is 118 Å². The van der Waals surface area contributed by atoms with Crippen molar-refractivity contribution in [3.63, 3.8) is 0 Å². The second-order valence-corrected chi connectivity index (χ2v) is 5.12. The predicted octanol–water partition coefficient (Wildman–Crippen LogP) is 2.39. The minimum atomic E-state index is -0.237. The van der Waals surface area contributed by atoms with Crippen LogP contribution in [-0.2, 0) is 6.42 Å². The van der Waals surface area contributed by atoms with E-state index in [4.69, 9.17) is 4.99 Å². The summed E-state index contributed by atoms with van der Waals surface area (Å²) in [7, 11) is 3.98. The fraction of sp³-hybridized carbons (Fsp3) is 0.250. The molecule has 1 atom stereocenters. The molecule has 0 amide bonds. The van der Waals surface area contributed by atoms with Gasteiger partial charge in [-0.15, -0.1) is 0 Å². The van der Waals surface area contributed by atoms with E-state index in [-0.39, 0.29) is 6.04 Å². The lowest BCUT2D eigenvalue weighted by Gasteiger charge is -2.27. The van der Waals surface area contributed by atoms with Crippen molar-refractivity contribution >= 4 is 5.84 Å². The highest BCUT2D eigenvalue weighted by Gasteiger charge is 2.27. The van der Waals surface area contributed by atoms with Crippen LogP contribution in [0.1, 0.15) is 22.9 Å². The predicted molar refractivity (Wildman–Crippen MR) is 79.0 cm³/mol. The third-order valence-electron chi connectivity index (χ3n) is 3.56. The number of nitrogens with zero attached hydrogens (tertiary/aromatic N) is 3. The van der Waals surface area contributed by atoms with Gasteiger partial charge < -0.3 is 10.0 Å². The Bertz CT molecular complexity index is 650.